The van der Waals surface area contributed by atoms with Gasteiger partial charge in [-0.25, -0.2) is 4.98 Å². The van der Waals surface area contributed by atoms with Crippen LogP contribution < -0.4 is 11.1 Å². The van der Waals surface area contributed by atoms with Crippen molar-refractivity contribution in [1.82, 2.24) is 4.98 Å². The minimum atomic E-state index is 0. The molecule has 1 aromatic rings. The van der Waals surface area contributed by atoms with E-state index in [9.17, 15) is 0 Å². The predicted molar refractivity (Wildman–Crippen MR) is 48.4 cm³/mol. The lowest BCUT2D eigenvalue weighted by atomic mass is 10.3. The lowest BCUT2D eigenvalue weighted by Gasteiger charge is -1.98. The molecule has 3 N–H and O–H groups in total. The topological polar surface area (TPSA) is 50.9 Å². The lowest BCUT2D eigenvalue weighted by Crippen LogP contribution is -1.98. The van der Waals surface area contributed by atoms with Crippen LogP contribution >= 0.6 is 0 Å². The average molecular weight is 153 g/mol. The Morgan fingerprint density at radius 2 is 2.27 bits per heavy atom. The number of nitrogens with zero attached hydrogens (tertiary/aromatic N) is 1. The summed E-state index contributed by atoms with van der Waals surface area (Å²) in [5.41, 5.74) is 6.44. The van der Waals surface area contributed by atoms with Crippen LogP contribution in [0.2, 0.25) is 0 Å². The maximum absolute atomic E-state index is 5.38. The van der Waals surface area contributed by atoms with Gasteiger partial charge < -0.3 is 11.1 Å². The zero-order chi connectivity index (χ0) is 7.40. The van der Waals surface area contributed by atoms with Crippen molar-refractivity contribution in [3.8, 4) is 0 Å². The Labute approximate surface area is 67.6 Å². The quantitative estimate of drug-likeness (QED) is 0.671. The summed E-state index contributed by atoms with van der Waals surface area (Å²) in [7, 11) is 1.84. The van der Waals surface area contributed by atoms with E-state index in [1.807, 2.05) is 19.2 Å². The minimum Gasteiger partial charge on any atom is -0.373 e. The van der Waals surface area contributed by atoms with Crippen molar-refractivity contribution in [1.29, 1.82) is 0 Å². The van der Waals surface area contributed by atoms with Crippen molar-refractivity contribution in [2.75, 3.05) is 12.4 Å². The van der Waals surface area contributed by atoms with Crippen LogP contribution in [-0.4, -0.2) is 12.0 Å². The average Bonchev–Trinajstić information content (AvgIpc) is 2.05. The second kappa shape index (κ2) is 4.68. The van der Waals surface area contributed by atoms with Crippen molar-refractivity contribution in [2.45, 2.75) is 14.0 Å². The van der Waals surface area contributed by atoms with Crippen molar-refractivity contribution >= 4 is 5.82 Å². The predicted octanol–water partition coefficient (Wildman–Crippen LogP) is 1.22. The van der Waals surface area contributed by atoms with Gasteiger partial charge in [-0.2, -0.15) is 0 Å². The Hall–Kier alpha value is -1.09. The molecule has 0 aliphatic carbocycles. The summed E-state index contributed by atoms with van der Waals surface area (Å²) in [5.74, 6) is 0.872. The van der Waals surface area contributed by atoms with Gasteiger partial charge >= 0.3 is 0 Å². The Morgan fingerprint density at radius 1 is 1.55 bits per heavy atom. The van der Waals surface area contributed by atoms with Crippen LogP contribution in [-0.2, 0) is 6.54 Å². The minimum absolute atomic E-state index is 0. The number of hydrogen-bond acceptors (Lipinski definition) is 3. The molecular weight excluding hydrogens is 138 g/mol. The first-order valence-electron chi connectivity index (χ1n) is 3.19. The van der Waals surface area contributed by atoms with Crippen molar-refractivity contribution < 1.29 is 0 Å². The van der Waals surface area contributed by atoms with Crippen LogP contribution in [0.25, 0.3) is 0 Å². The van der Waals surface area contributed by atoms with E-state index in [2.05, 4.69) is 10.3 Å². The SMILES string of the molecule is C.CNc1ccc(CN)cn1. The largest absolute Gasteiger partial charge is 0.373 e. The highest BCUT2D eigenvalue weighted by Crippen LogP contribution is 2.02. The molecule has 1 aromatic heterocycles. The van der Waals surface area contributed by atoms with E-state index in [0.717, 1.165) is 11.4 Å². The zero-order valence-electron chi connectivity index (χ0n) is 5.96. The summed E-state index contributed by atoms with van der Waals surface area (Å²) >= 11 is 0. The number of rotatable bonds is 2. The Bertz CT molecular complexity index is 170. The van der Waals surface area contributed by atoms with Gasteiger partial charge in [0.25, 0.3) is 0 Å². The standard InChI is InChI=1S/C7H11N3.CH4/c1-9-7-3-2-6(4-8)5-10-7;/h2-3,5H,4,8H2,1H3,(H,9,10);1H4. The monoisotopic (exact) mass is 153 g/mol. The van der Waals surface area contributed by atoms with Crippen LogP contribution in [0.15, 0.2) is 18.3 Å². The van der Waals surface area contributed by atoms with Gasteiger partial charge in [-0.1, -0.05) is 13.5 Å². The summed E-state index contributed by atoms with van der Waals surface area (Å²) in [5, 5.41) is 2.93. The highest BCUT2D eigenvalue weighted by Gasteiger charge is 1.89. The van der Waals surface area contributed by atoms with E-state index >= 15 is 0 Å². The Kier molecular flexibility index (Phi) is 4.22. The van der Waals surface area contributed by atoms with E-state index in [-0.39, 0.29) is 7.43 Å². The molecule has 0 aliphatic heterocycles. The van der Waals surface area contributed by atoms with Gasteiger partial charge in [-0.15, -0.1) is 0 Å². The van der Waals surface area contributed by atoms with Crippen LogP contribution in [0.1, 0.15) is 13.0 Å². The molecule has 0 fully saturated rings. The van der Waals surface area contributed by atoms with E-state index in [1.54, 1.807) is 6.20 Å². The van der Waals surface area contributed by atoms with Gasteiger partial charge in [0.2, 0.25) is 0 Å². The third-order valence-corrected chi connectivity index (χ3v) is 1.32. The van der Waals surface area contributed by atoms with Gasteiger partial charge in [0.15, 0.2) is 0 Å². The van der Waals surface area contributed by atoms with Crippen LogP contribution in [0.5, 0.6) is 0 Å². The summed E-state index contributed by atoms with van der Waals surface area (Å²) in [4.78, 5) is 4.08. The van der Waals surface area contributed by atoms with Crippen LogP contribution in [0.3, 0.4) is 0 Å². The first-order valence-corrected chi connectivity index (χ1v) is 3.19. The van der Waals surface area contributed by atoms with Gasteiger partial charge in [-0.3, -0.25) is 0 Å². The second-order valence-corrected chi connectivity index (χ2v) is 2.01. The second-order valence-electron chi connectivity index (χ2n) is 2.01. The van der Waals surface area contributed by atoms with Crippen LogP contribution in [0.4, 0.5) is 5.82 Å². The normalized spacial score (nSPS) is 8.55. The first kappa shape index (κ1) is 9.91. The highest BCUT2D eigenvalue weighted by atomic mass is 14.9. The highest BCUT2D eigenvalue weighted by molar-refractivity contribution is 5.34. The van der Waals surface area contributed by atoms with E-state index in [4.69, 9.17) is 5.73 Å². The van der Waals surface area contributed by atoms with Gasteiger partial charge in [0.05, 0.1) is 0 Å². The summed E-state index contributed by atoms with van der Waals surface area (Å²) in [6, 6.07) is 3.86. The number of nitrogens with two attached hydrogens (primary N) is 1. The molecule has 1 rings (SSSR count). The molecule has 0 saturated carbocycles. The van der Waals surface area contributed by atoms with Gasteiger partial charge in [0.1, 0.15) is 5.82 Å². The first-order chi connectivity index (χ1) is 4.86. The molecule has 1 heterocycles. The molecule has 0 atom stereocenters. The molecule has 0 spiro atoms. The molecule has 0 unspecified atom stereocenters. The number of pyridine rings is 1. The molecule has 62 valence electrons. The summed E-state index contributed by atoms with van der Waals surface area (Å²) < 4.78 is 0. The molecule has 11 heavy (non-hydrogen) atoms. The Balaban J connectivity index is 0.000001000. The van der Waals surface area contributed by atoms with Crippen molar-refractivity contribution in [2.24, 2.45) is 5.73 Å². The molecule has 0 amide bonds. The number of aromatic nitrogens is 1. The maximum atomic E-state index is 5.38. The third-order valence-electron chi connectivity index (χ3n) is 1.32. The van der Waals surface area contributed by atoms with E-state index in [1.165, 1.54) is 0 Å². The third kappa shape index (κ3) is 2.55. The molecule has 0 aliphatic rings. The number of nitrogens with one attached hydrogen (secondary N) is 1. The van der Waals surface area contributed by atoms with E-state index in [0.29, 0.717) is 6.54 Å². The molecule has 0 saturated heterocycles. The summed E-state index contributed by atoms with van der Waals surface area (Å²) in [6.07, 6.45) is 1.77. The fourth-order valence-corrected chi connectivity index (χ4v) is 0.693. The lowest BCUT2D eigenvalue weighted by molar-refractivity contribution is 1.05. The summed E-state index contributed by atoms with van der Waals surface area (Å²) in [6.45, 7) is 0.553. The fourth-order valence-electron chi connectivity index (χ4n) is 0.693. The molecule has 3 heteroatoms. The Morgan fingerprint density at radius 3 is 2.64 bits per heavy atom. The smallest absolute Gasteiger partial charge is 0.125 e. The molecule has 0 radical (unpaired) electrons. The fraction of sp³-hybridized carbons (Fsp3) is 0.375. The van der Waals surface area contributed by atoms with Crippen molar-refractivity contribution in [3.05, 3.63) is 23.9 Å². The van der Waals surface area contributed by atoms with Crippen molar-refractivity contribution in [3.63, 3.8) is 0 Å². The molecular formula is C8H15N3. The maximum Gasteiger partial charge on any atom is 0.125 e. The van der Waals surface area contributed by atoms with Crippen LogP contribution in [0, 0.1) is 0 Å². The van der Waals surface area contributed by atoms with E-state index < -0.39 is 0 Å². The molecule has 0 aromatic carbocycles. The number of anilines is 1. The molecule has 3 nitrogen and oxygen atoms in total. The number of hydrogen-bond donors (Lipinski definition) is 2. The molecule has 0 bridgehead atoms. The van der Waals surface area contributed by atoms with Gasteiger partial charge in [-0.05, 0) is 11.6 Å². The zero-order valence-corrected chi connectivity index (χ0v) is 5.96. The van der Waals surface area contributed by atoms with Gasteiger partial charge in [0, 0.05) is 19.8 Å².